The summed E-state index contributed by atoms with van der Waals surface area (Å²) in [4.78, 5) is 31.1. The summed E-state index contributed by atoms with van der Waals surface area (Å²) in [6, 6.07) is 24.2. The molecule has 1 saturated heterocycles. The maximum atomic E-state index is 13.0. The standard InChI is InChI=1S/C32H32N4O4/c33-30-28(22-6-9-27(10-7-22)36-14-16-39-17-15-36)20-25-18-24(8-11-29(25)35-30)23-4-3-5-26(19-23)34-31(38)32(40-21-37)12-1-2-13-32/h3-11,18-21H,1-2,12-17H2,(H2,33,35)(H,34,38). The van der Waals surface area contributed by atoms with Gasteiger partial charge < -0.3 is 25.4 Å². The summed E-state index contributed by atoms with van der Waals surface area (Å²) in [5.41, 5.74) is 11.8. The number of rotatable bonds is 7. The maximum Gasteiger partial charge on any atom is 0.294 e. The number of fused-ring (bicyclic) bond motifs is 1. The molecule has 2 heterocycles. The predicted molar refractivity (Wildman–Crippen MR) is 157 cm³/mol. The molecule has 1 aromatic heterocycles. The van der Waals surface area contributed by atoms with Gasteiger partial charge in [0.25, 0.3) is 12.4 Å². The second-order valence-electron chi connectivity index (χ2n) is 10.4. The molecule has 1 amide bonds. The zero-order chi connectivity index (χ0) is 27.5. The highest BCUT2D eigenvalue weighted by atomic mass is 16.5. The van der Waals surface area contributed by atoms with E-state index in [1.54, 1.807) is 0 Å². The van der Waals surface area contributed by atoms with Gasteiger partial charge in [0, 0.05) is 35.4 Å². The Hall–Kier alpha value is -4.43. The highest BCUT2D eigenvalue weighted by molar-refractivity contribution is 5.99. The molecule has 0 bridgehead atoms. The van der Waals surface area contributed by atoms with Crippen LogP contribution in [0.1, 0.15) is 25.7 Å². The number of anilines is 3. The van der Waals surface area contributed by atoms with Crippen molar-refractivity contribution in [2.45, 2.75) is 31.3 Å². The quantitative estimate of drug-likeness (QED) is 0.304. The van der Waals surface area contributed by atoms with Crippen LogP contribution < -0.4 is 16.0 Å². The number of ether oxygens (including phenoxy) is 2. The largest absolute Gasteiger partial charge is 0.451 e. The first kappa shape index (κ1) is 25.8. The normalized spacial score (nSPS) is 16.6. The first-order chi connectivity index (χ1) is 19.5. The molecule has 1 aliphatic carbocycles. The molecular formula is C32H32N4O4. The molecule has 3 N–H and O–H groups in total. The lowest BCUT2D eigenvalue weighted by molar-refractivity contribution is -0.154. The van der Waals surface area contributed by atoms with E-state index < -0.39 is 5.60 Å². The topological polar surface area (TPSA) is 107 Å². The zero-order valence-electron chi connectivity index (χ0n) is 22.3. The molecule has 0 unspecified atom stereocenters. The third-order valence-electron chi connectivity index (χ3n) is 7.95. The highest BCUT2D eigenvalue weighted by Crippen LogP contribution is 2.35. The minimum atomic E-state index is -1.08. The molecule has 204 valence electrons. The minimum absolute atomic E-state index is 0.281. The Morgan fingerprint density at radius 3 is 2.42 bits per heavy atom. The van der Waals surface area contributed by atoms with Gasteiger partial charge in [-0.1, -0.05) is 30.3 Å². The molecule has 3 aromatic carbocycles. The summed E-state index contributed by atoms with van der Waals surface area (Å²) in [7, 11) is 0. The van der Waals surface area contributed by atoms with Gasteiger partial charge in [-0.25, -0.2) is 4.98 Å². The lowest BCUT2D eigenvalue weighted by Crippen LogP contribution is -2.42. The first-order valence-electron chi connectivity index (χ1n) is 13.7. The third-order valence-corrected chi connectivity index (χ3v) is 7.95. The number of morpholine rings is 1. The van der Waals surface area contributed by atoms with Gasteiger partial charge in [-0.15, -0.1) is 0 Å². The van der Waals surface area contributed by atoms with Crippen molar-refractivity contribution in [3.63, 3.8) is 0 Å². The molecular weight excluding hydrogens is 504 g/mol. The Kier molecular flexibility index (Phi) is 7.09. The van der Waals surface area contributed by atoms with Crippen LogP contribution in [-0.4, -0.2) is 49.3 Å². The summed E-state index contributed by atoms with van der Waals surface area (Å²) in [6.07, 6.45) is 2.79. The van der Waals surface area contributed by atoms with Crippen molar-refractivity contribution in [3.8, 4) is 22.3 Å². The average Bonchev–Trinajstić information content (AvgIpc) is 3.47. The van der Waals surface area contributed by atoms with Crippen molar-refractivity contribution < 1.29 is 19.1 Å². The van der Waals surface area contributed by atoms with E-state index in [0.717, 1.165) is 72.3 Å². The van der Waals surface area contributed by atoms with Crippen molar-refractivity contribution >= 4 is 40.5 Å². The number of pyridine rings is 1. The Balaban J connectivity index is 1.26. The number of nitrogens with zero attached hydrogens (tertiary/aromatic N) is 2. The van der Waals surface area contributed by atoms with E-state index in [9.17, 15) is 9.59 Å². The Morgan fingerprint density at radius 1 is 0.950 bits per heavy atom. The first-order valence-corrected chi connectivity index (χ1v) is 13.7. The lowest BCUT2D eigenvalue weighted by atomic mass is 9.99. The molecule has 40 heavy (non-hydrogen) atoms. The van der Waals surface area contributed by atoms with E-state index in [2.05, 4.69) is 51.6 Å². The number of hydrogen-bond acceptors (Lipinski definition) is 7. The van der Waals surface area contributed by atoms with Gasteiger partial charge in [-0.2, -0.15) is 0 Å². The van der Waals surface area contributed by atoms with Gasteiger partial charge >= 0.3 is 0 Å². The number of carbonyl (C=O) groups is 2. The minimum Gasteiger partial charge on any atom is -0.451 e. The number of nitrogens with two attached hydrogens (primary N) is 1. The molecule has 8 heteroatoms. The second kappa shape index (κ2) is 11.0. The van der Waals surface area contributed by atoms with Crippen molar-refractivity contribution in [2.75, 3.05) is 42.3 Å². The zero-order valence-corrected chi connectivity index (χ0v) is 22.3. The summed E-state index contributed by atoms with van der Waals surface area (Å²) in [5, 5.41) is 3.93. The fraction of sp³-hybridized carbons (Fsp3) is 0.281. The van der Waals surface area contributed by atoms with Crippen LogP contribution in [0.4, 0.5) is 17.2 Å². The SMILES string of the molecule is Nc1nc2ccc(-c3cccc(NC(=O)C4(OC=O)CCCC4)c3)cc2cc1-c1ccc(N2CCOCC2)cc1. The number of benzene rings is 3. The van der Waals surface area contributed by atoms with Gasteiger partial charge in [0.2, 0.25) is 0 Å². The van der Waals surface area contributed by atoms with E-state index in [1.807, 2.05) is 36.4 Å². The second-order valence-corrected chi connectivity index (χ2v) is 10.4. The summed E-state index contributed by atoms with van der Waals surface area (Å²) in [6.45, 7) is 3.65. The van der Waals surface area contributed by atoms with Crippen LogP contribution in [0.25, 0.3) is 33.2 Å². The summed E-state index contributed by atoms with van der Waals surface area (Å²) >= 11 is 0. The molecule has 4 aromatic rings. The summed E-state index contributed by atoms with van der Waals surface area (Å²) < 4.78 is 10.7. The van der Waals surface area contributed by atoms with Crippen molar-refractivity contribution in [1.29, 1.82) is 0 Å². The van der Waals surface area contributed by atoms with Crippen LogP contribution in [-0.2, 0) is 19.1 Å². The van der Waals surface area contributed by atoms with Crippen LogP contribution in [0.3, 0.4) is 0 Å². The molecule has 1 saturated carbocycles. The molecule has 1 aliphatic heterocycles. The van der Waals surface area contributed by atoms with Crippen LogP contribution in [0, 0.1) is 0 Å². The molecule has 0 atom stereocenters. The lowest BCUT2D eigenvalue weighted by Gasteiger charge is -2.29. The molecule has 0 radical (unpaired) electrons. The number of nitrogen functional groups attached to an aromatic ring is 1. The van der Waals surface area contributed by atoms with Crippen LogP contribution in [0.15, 0.2) is 72.8 Å². The van der Waals surface area contributed by atoms with E-state index in [1.165, 1.54) is 5.69 Å². The van der Waals surface area contributed by atoms with Crippen molar-refractivity contribution in [1.82, 2.24) is 4.98 Å². The predicted octanol–water partition coefficient (Wildman–Crippen LogP) is 5.41. The van der Waals surface area contributed by atoms with Gasteiger partial charge in [0.05, 0.1) is 18.7 Å². The summed E-state index contributed by atoms with van der Waals surface area (Å²) in [5.74, 6) is 0.208. The monoisotopic (exact) mass is 536 g/mol. The van der Waals surface area contributed by atoms with Gasteiger partial charge in [-0.3, -0.25) is 9.59 Å². The van der Waals surface area contributed by atoms with Crippen molar-refractivity contribution in [3.05, 3.63) is 72.8 Å². The molecule has 6 rings (SSSR count). The Bertz CT molecular complexity index is 1540. The van der Waals surface area contributed by atoms with Crippen LogP contribution in [0.2, 0.25) is 0 Å². The third kappa shape index (κ3) is 5.10. The van der Waals surface area contributed by atoms with E-state index in [0.29, 0.717) is 30.8 Å². The number of hydrogen-bond donors (Lipinski definition) is 2. The molecule has 2 fully saturated rings. The smallest absolute Gasteiger partial charge is 0.294 e. The fourth-order valence-corrected chi connectivity index (χ4v) is 5.73. The maximum absolute atomic E-state index is 13.0. The number of aromatic nitrogens is 1. The van der Waals surface area contributed by atoms with Gasteiger partial charge in [0.1, 0.15) is 5.82 Å². The van der Waals surface area contributed by atoms with Gasteiger partial charge in [-0.05, 0) is 84.8 Å². The fourth-order valence-electron chi connectivity index (χ4n) is 5.73. The van der Waals surface area contributed by atoms with E-state index in [-0.39, 0.29) is 5.91 Å². The average molecular weight is 537 g/mol. The number of carbonyl (C=O) groups excluding carboxylic acids is 2. The van der Waals surface area contributed by atoms with Gasteiger partial charge in [0.15, 0.2) is 5.60 Å². The Morgan fingerprint density at radius 2 is 1.68 bits per heavy atom. The van der Waals surface area contributed by atoms with E-state index >= 15 is 0 Å². The van der Waals surface area contributed by atoms with Crippen LogP contribution >= 0.6 is 0 Å². The molecule has 8 nitrogen and oxygen atoms in total. The van der Waals surface area contributed by atoms with Crippen molar-refractivity contribution in [2.24, 2.45) is 0 Å². The van der Waals surface area contributed by atoms with Crippen LogP contribution in [0.5, 0.6) is 0 Å². The molecule has 0 spiro atoms. The Labute approximate surface area is 233 Å². The highest BCUT2D eigenvalue weighted by Gasteiger charge is 2.43. The number of amides is 1. The van der Waals surface area contributed by atoms with E-state index in [4.69, 9.17) is 15.2 Å². The molecule has 2 aliphatic rings. The number of nitrogens with one attached hydrogen (secondary N) is 1.